The molecule has 2 heterocycles. The maximum Gasteiger partial charge on any atom is 0.338 e. The molecule has 3 rings (SSSR count). The van der Waals surface area contributed by atoms with Crippen molar-refractivity contribution in [3.63, 3.8) is 0 Å². The van der Waals surface area contributed by atoms with Crippen LogP contribution in [0.3, 0.4) is 0 Å². The third kappa shape index (κ3) is 5.85. The molecule has 2 unspecified atom stereocenters. The molecule has 1 N–H and O–H groups in total. The highest BCUT2D eigenvalue weighted by molar-refractivity contribution is 7.13. The molecule has 7 nitrogen and oxygen atoms in total. The number of ether oxygens (including phenoxy) is 2. The third-order valence-corrected chi connectivity index (χ3v) is 5.08. The van der Waals surface area contributed by atoms with Crippen LogP contribution in [0.25, 0.3) is 0 Å². The van der Waals surface area contributed by atoms with E-state index in [1.54, 1.807) is 17.5 Å². The summed E-state index contributed by atoms with van der Waals surface area (Å²) in [4.78, 5) is 29.8. The van der Waals surface area contributed by atoms with Gasteiger partial charge in [0.15, 0.2) is 5.13 Å². The number of benzene rings is 1. The first-order chi connectivity index (χ1) is 13.4. The maximum absolute atomic E-state index is 12.2. The van der Waals surface area contributed by atoms with Crippen molar-refractivity contribution in [1.82, 2.24) is 9.88 Å². The van der Waals surface area contributed by atoms with Crippen molar-refractivity contribution in [3.8, 4) is 0 Å². The van der Waals surface area contributed by atoms with Gasteiger partial charge in [0.25, 0.3) is 0 Å². The molecule has 1 fully saturated rings. The van der Waals surface area contributed by atoms with Crippen molar-refractivity contribution in [2.75, 3.05) is 18.4 Å². The number of thiazole rings is 1. The van der Waals surface area contributed by atoms with Crippen LogP contribution in [0.4, 0.5) is 5.13 Å². The number of nitrogens with zero attached hydrogens (tertiary/aromatic N) is 2. The number of amides is 1. The lowest BCUT2D eigenvalue weighted by molar-refractivity contribution is -0.114. The monoisotopic (exact) mass is 403 g/mol. The number of rotatable bonds is 6. The zero-order valence-corrected chi connectivity index (χ0v) is 17.1. The lowest BCUT2D eigenvalue weighted by atomic mass is 10.1. The number of aromatic nitrogens is 1. The molecule has 28 heavy (non-hydrogen) atoms. The first-order valence-corrected chi connectivity index (χ1v) is 10.1. The molecule has 1 aliphatic heterocycles. The van der Waals surface area contributed by atoms with E-state index in [1.165, 1.54) is 18.3 Å². The topological polar surface area (TPSA) is 80.8 Å². The van der Waals surface area contributed by atoms with Crippen LogP contribution in [-0.4, -0.2) is 47.1 Å². The Morgan fingerprint density at radius 3 is 2.57 bits per heavy atom. The molecule has 1 amide bonds. The zero-order chi connectivity index (χ0) is 20.1. The lowest BCUT2D eigenvalue weighted by Gasteiger charge is -2.35. The Hall–Kier alpha value is -2.29. The Bertz CT molecular complexity index is 811. The number of carbonyl (C=O) groups is 2. The van der Waals surface area contributed by atoms with Crippen molar-refractivity contribution < 1.29 is 19.1 Å². The van der Waals surface area contributed by atoms with Crippen molar-refractivity contribution in [3.05, 3.63) is 46.5 Å². The van der Waals surface area contributed by atoms with Gasteiger partial charge in [-0.05, 0) is 31.5 Å². The van der Waals surface area contributed by atoms with E-state index in [9.17, 15) is 9.59 Å². The molecule has 8 heteroatoms. The number of hydrogen-bond donors (Lipinski definition) is 1. The van der Waals surface area contributed by atoms with Gasteiger partial charge in [0.1, 0.15) is 6.61 Å². The fraction of sp³-hybridized carbons (Fsp3) is 0.450. The summed E-state index contributed by atoms with van der Waals surface area (Å²) >= 11 is 1.30. The number of morpholine rings is 1. The summed E-state index contributed by atoms with van der Waals surface area (Å²) in [5.74, 6) is -0.576. The largest absolute Gasteiger partial charge is 0.456 e. The molecule has 0 aliphatic carbocycles. The van der Waals surface area contributed by atoms with Gasteiger partial charge < -0.3 is 14.8 Å². The van der Waals surface area contributed by atoms with Crippen LogP contribution in [-0.2, 0) is 27.4 Å². The van der Waals surface area contributed by atoms with E-state index in [0.717, 1.165) is 25.2 Å². The van der Waals surface area contributed by atoms with Crippen LogP contribution in [0.5, 0.6) is 0 Å². The molecule has 0 saturated carbocycles. The average Bonchev–Trinajstić information content (AvgIpc) is 3.06. The molecule has 0 bridgehead atoms. The number of carbonyl (C=O) groups excluding carboxylic acids is 2. The SMILES string of the molecule is CC(=O)Nc1nc(COC(=O)c2ccc(CN3CC(C)OC(C)C3)cc2)cs1. The predicted molar refractivity (Wildman–Crippen MR) is 107 cm³/mol. The minimum atomic E-state index is -0.394. The van der Waals surface area contributed by atoms with Crippen molar-refractivity contribution in [2.24, 2.45) is 0 Å². The second-order valence-electron chi connectivity index (χ2n) is 7.05. The maximum atomic E-state index is 12.2. The van der Waals surface area contributed by atoms with Crippen molar-refractivity contribution in [1.29, 1.82) is 0 Å². The van der Waals surface area contributed by atoms with Crippen LogP contribution < -0.4 is 5.32 Å². The van der Waals surface area contributed by atoms with Gasteiger partial charge in [-0.15, -0.1) is 11.3 Å². The van der Waals surface area contributed by atoms with Crippen molar-refractivity contribution >= 4 is 28.3 Å². The first kappa shape index (κ1) is 20.4. The van der Waals surface area contributed by atoms with E-state index < -0.39 is 5.97 Å². The molecule has 2 atom stereocenters. The van der Waals surface area contributed by atoms with Gasteiger partial charge in [0.05, 0.1) is 23.5 Å². The Morgan fingerprint density at radius 2 is 1.93 bits per heavy atom. The van der Waals surface area contributed by atoms with E-state index in [0.29, 0.717) is 16.4 Å². The normalized spacial score (nSPS) is 20.0. The van der Waals surface area contributed by atoms with Crippen molar-refractivity contribution in [2.45, 2.75) is 46.1 Å². The Morgan fingerprint density at radius 1 is 1.25 bits per heavy atom. The average molecular weight is 404 g/mol. The Kier molecular flexibility index (Phi) is 6.77. The second-order valence-corrected chi connectivity index (χ2v) is 7.91. The standard InChI is InChI=1S/C20H25N3O4S/c1-13-8-23(9-14(2)27-13)10-16-4-6-17(7-5-16)19(25)26-11-18-12-28-20(22-18)21-15(3)24/h4-7,12-14H,8-11H2,1-3H3,(H,21,22,24). The summed E-state index contributed by atoms with van der Waals surface area (Å²) in [7, 11) is 0. The van der Waals surface area contributed by atoms with Crippen LogP contribution in [0.15, 0.2) is 29.6 Å². The minimum absolute atomic E-state index is 0.0697. The van der Waals surface area contributed by atoms with Crippen LogP contribution in [0.2, 0.25) is 0 Å². The molecule has 1 aromatic carbocycles. The fourth-order valence-electron chi connectivity index (χ4n) is 3.22. The van der Waals surface area contributed by atoms with Gasteiger partial charge in [0.2, 0.25) is 5.91 Å². The van der Waals surface area contributed by atoms with Crippen LogP contribution >= 0.6 is 11.3 Å². The minimum Gasteiger partial charge on any atom is -0.456 e. The van der Waals surface area contributed by atoms with E-state index in [1.807, 2.05) is 12.1 Å². The summed E-state index contributed by atoms with van der Waals surface area (Å²) in [6, 6.07) is 7.49. The highest BCUT2D eigenvalue weighted by Gasteiger charge is 2.22. The van der Waals surface area contributed by atoms with Crippen LogP contribution in [0, 0.1) is 0 Å². The number of anilines is 1. The van der Waals surface area contributed by atoms with Gasteiger partial charge in [0, 0.05) is 31.9 Å². The van der Waals surface area contributed by atoms with E-state index in [4.69, 9.17) is 9.47 Å². The Balaban J connectivity index is 1.50. The van der Waals surface area contributed by atoms with E-state index >= 15 is 0 Å². The molecule has 2 aromatic rings. The van der Waals surface area contributed by atoms with Gasteiger partial charge in [-0.2, -0.15) is 0 Å². The van der Waals surface area contributed by atoms with Gasteiger partial charge in [-0.1, -0.05) is 12.1 Å². The van der Waals surface area contributed by atoms with E-state index in [-0.39, 0.29) is 24.7 Å². The predicted octanol–water partition coefficient (Wildman–Crippen LogP) is 3.07. The molecule has 1 aromatic heterocycles. The summed E-state index contributed by atoms with van der Waals surface area (Å²) in [6.07, 6.45) is 0.463. The molecule has 0 spiro atoms. The lowest BCUT2D eigenvalue weighted by Crippen LogP contribution is -2.44. The smallest absolute Gasteiger partial charge is 0.338 e. The van der Waals surface area contributed by atoms with Gasteiger partial charge >= 0.3 is 5.97 Å². The fourth-order valence-corrected chi connectivity index (χ4v) is 3.96. The number of esters is 1. The van der Waals surface area contributed by atoms with Gasteiger partial charge in [-0.25, -0.2) is 9.78 Å². The number of nitrogens with one attached hydrogen (secondary N) is 1. The summed E-state index contributed by atoms with van der Waals surface area (Å²) < 4.78 is 11.1. The molecular weight excluding hydrogens is 378 g/mol. The second kappa shape index (κ2) is 9.27. The molecular formula is C20H25N3O4S. The van der Waals surface area contributed by atoms with E-state index in [2.05, 4.69) is 29.0 Å². The summed E-state index contributed by atoms with van der Waals surface area (Å²) in [5, 5.41) is 4.86. The highest BCUT2D eigenvalue weighted by Crippen LogP contribution is 2.17. The molecule has 1 saturated heterocycles. The molecule has 1 aliphatic rings. The molecule has 0 radical (unpaired) electrons. The first-order valence-electron chi connectivity index (χ1n) is 9.25. The Labute approximate surface area is 168 Å². The molecule has 150 valence electrons. The number of hydrogen-bond acceptors (Lipinski definition) is 7. The highest BCUT2D eigenvalue weighted by atomic mass is 32.1. The third-order valence-electron chi connectivity index (χ3n) is 4.28. The van der Waals surface area contributed by atoms with Crippen LogP contribution in [0.1, 0.15) is 42.4 Å². The summed E-state index contributed by atoms with van der Waals surface area (Å²) in [6.45, 7) is 8.31. The summed E-state index contributed by atoms with van der Waals surface area (Å²) in [5.41, 5.74) is 2.26. The quantitative estimate of drug-likeness (QED) is 0.747. The zero-order valence-electron chi connectivity index (χ0n) is 16.3. The van der Waals surface area contributed by atoms with Gasteiger partial charge in [-0.3, -0.25) is 9.69 Å².